The molecular formula is C16H28O2. The fourth-order valence-corrected chi connectivity index (χ4v) is 4.86. The van der Waals surface area contributed by atoms with Gasteiger partial charge in [0.15, 0.2) is 0 Å². The van der Waals surface area contributed by atoms with Crippen molar-refractivity contribution in [3.05, 3.63) is 0 Å². The van der Waals surface area contributed by atoms with E-state index in [4.69, 9.17) is 0 Å². The van der Waals surface area contributed by atoms with Crippen LogP contribution in [-0.4, -0.2) is 17.5 Å². The van der Waals surface area contributed by atoms with E-state index in [1.807, 2.05) is 0 Å². The van der Waals surface area contributed by atoms with Crippen LogP contribution >= 0.6 is 0 Å². The van der Waals surface area contributed by atoms with Crippen LogP contribution in [0.25, 0.3) is 0 Å². The Kier molecular flexibility index (Phi) is 4.15. The van der Waals surface area contributed by atoms with Crippen molar-refractivity contribution in [2.75, 3.05) is 6.61 Å². The highest BCUT2D eigenvalue weighted by Gasteiger charge is 2.54. The minimum absolute atomic E-state index is 0.291. The zero-order valence-electron chi connectivity index (χ0n) is 12.1. The molecular weight excluding hydrogens is 224 g/mol. The number of aliphatic hydroxyl groups excluding tert-OH is 1. The van der Waals surface area contributed by atoms with E-state index < -0.39 is 0 Å². The molecule has 0 radical (unpaired) electrons. The molecule has 2 unspecified atom stereocenters. The monoisotopic (exact) mass is 252 g/mol. The summed E-state index contributed by atoms with van der Waals surface area (Å²) >= 11 is 0. The highest BCUT2D eigenvalue weighted by molar-refractivity contribution is 5.82. The van der Waals surface area contributed by atoms with Gasteiger partial charge in [0.2, 0.25) is 0 Å². The molecule has 18 heavy (non-hydrogen) atoms. The van der Waals surface area contributed by atoms with Crippen LogP contribution in [0.3, 0.4) is 0 Å². The quantitative estimate of drug-likeness (QED) is 0.832. The first-order chi connectivity index (χ1) is 8.54. The first-order valence-electron chi connectivity index (χ1n) is 7.68. The zero-order valence-corrected chi connectivity index (χ0v) is 12.1. The number of hydrogen-bond donors (Lipinski definition) is 1. The number of ketones is 1. The summed E-state index contributed by atoms with van der Waals surface area (Å²) in [6.07, 6.45) is 6.40. The van der Waals surface area contributed by atoms with E-state index in [1.54, 1.807) is 0 Å². The smallest absolute Gasteiger partial charge is 0.136 e. The van der Waals surface area contributed by atoms with Crippen molar-refractivity contribution in [3.63, 3.8) is 0 Å². The highest BCUT2D eigenvalue weighted by Crippen LogP contribution is 2.59. The molecule has 104 valence electrons. The lowest BCUT2D eigenvalue weighted by Crippen LogP contribution is -2.43. The summed E-state index contributed by atoms with van der Waals surface area (Å²) in [5, 5.41) is 9.45. The average molecular weight is 252 g/mol. The SMILES string of the molecule is CCC[C@@H]1C(=O)CC[C@]2(C)C([C@H](C)CO)CCC12. The number of Topliss-reactive ketones (excluding diaryl/α,β-unsaturated/α-hetero) is 1. The van der Waals surface area contributed by atoms with E-state index in [2.05, 4.69) is 20.8 Å². The summed E-state index contributed by atoms with van der Waals surface area (Å²) in [6.45, 7) is 7.03. The van der Waals surface area contributed by atoms with E-state index in [9.17, 15) is 9.90 Å². The third-order valence-corrected chi connectivity index (χ3v) is 5.87. The first-order valence-corrected chi connectivity index (χ1v) is 7.68. The second kappa shape index (κ2) is 5.32. The molecule has 2 rings (SSSR count). The van der Waals surface area contributed by atoms with E-state index in [1.165, 1.54) is 12.8 Å². The van der Waals surface area contributed by atoms with Crippen LogP contribution in [0.4, 0.5) is 0 Å². The van der Waals surface area contributed by atoms with Crippen LogP contribution in [0.15, 0.2) is 0 Å². The molecule has 2 nitrogen and oxygen atoms in total. The van der Waals surface area contributed by atoms with Gasteiger partial charge in [-0.25, -0.2) is 0 Å². The summed E-state index contributed by atoms with van der Waals surface area (Å²) in [5.74, 6) is 2.40. The molecule has 0 amide bonds. The van der Waals surface area contributed by atoms with E-state index >= 15 is 0 Å². The first kappa shape index (κ1) is 14.0. The number of aliphatic hydroxyl groups is 1. The lowest BCUT2D eigenvalue weighted by atomic mass is 9.58. The van der Waals surface area contributed by atoms with E-state index in [0.717, 1.165) is 25.7 Å². The van der Waals surface area contributed by atoms with E-state index in [-0.39, 0.29) is 0 Å². The molecule has 0 aromatic carbocycles. The van der Waals surface area contributed by atoms with Gasteiger partial charge < -0.3 is 5.11 Å². The Bertz CT molecular complexity index is 312. The van der Waals surface area contributed by atoms with Gasteiger partial charge in [0, 0.05) is 18.9 Å². The molecule has 2 saturated carbocycles. The van der Waals surface area contributed by atoms with Crippen molar-refractivity contribution in [2.24, 2.45) is 29.1 Å². The van der Waals surface area contributed by atoms with Crippen LogP contribution in [0, 0.1) is 29.1 Å². The van der Waals surface area contributed by atoms with Crippen LogP contribution in [0.2, 0.25) is 0 Å². The van der Waals surface area contributed by atoms with Gasteiger partial charge in [0.25, 0.3) is 0 Å². The molecule has 2 fully saturated rings. The van der Waals surface area contributed by atoms with Gasteiger partial charge in [-0.1, -0.05) is 27.2 Å². The summed E-state index contributed by atoms with van der Waals surface area (Å²) in [6, 6.07) is 0. The molecule has 0 saturated heterocycles. The lowest BCUT2D eigenvalue weighted by Gasteiger charge is -2.46. The molecule has 1 N–H and O–H groups in total. The topological polar surface area (TPSA) is 37.3 Å². The molecule has 0 heterocycles. The number of rotatable bonds is 4. The molecule has 0 bridgehead atoms. The number of hydrogen-bond acceptors (Lipinski definition) is 2. The minimum atomic E-state index is 0.291. The largest absolute Gasteiger partial charge is 0.396 e. The Morgan fingerprint density at radius 2 is 2.17 bits per heavy atom. The van der Waals surface area contributed by atoms with Crippen molar-refractivity contribution in [1.29, 1.82) is 0 Å². The minimum Gasteiger partial charge on any atom is -0.396 e. The van der Waals surface area contributed by atoms with Crippen molar-refractivity contribution in [1.82, 2.24) is 0 Å². The third kappa shape index (κ3) is 2.13. The van der Waals surface area contributed by atoms with Crippen molar-refractivity contribution in [2.45, 2.75) is 59.3 Å². The number of fused-ring (bicyclic) bond motifs is 1. The van der Waals surface area contributed by atoms with Gasteiger partial charge >= 0.3 is 0 Å². The van der Waals surface area contributed by atoms with Crippen LogP contribution in [-0.2, 0) is 4.79 Å². The van der Waals surface area contributed by atoms with Crippen molar-refractivity contribution < 1.29 is 9.90 Å². The Morgan fingerprint density at radius 1 is 1.44 bits per heavy atom. The maximum Gasteiger partial charge on any atom is 0.136 e. The van der Waals surface area contributed by atoms with Gasteiger partial charge in [-0.05, 0) is 48.9 Å². The fraction of sp³-hybridized carbons (Fsp3) is 0.938. The standard InChI is InChI=1S/C16H28O2/c1-4-5-12-14-7-6-13(11(2)10-17)16(14,3)9-8-15(12)18/h11-14,17H,4-10H2,1-3H3/t11-,12+,13?,14?,16-/m1/s1. The predicted octanol–water partition coefficient (Wildman–Crippen LogP) is 3.43. The molecule has 0 aliphatic heterocycles. The molecule has 2 heteroatoms. The normalized spacial score (nSPS) is 41.8. The fourth-order valence-electron chi connectivity index (χ4n) is 4.86. The van der Waals surface area contributed by atoms with Gasteiger partial charge in [0.1, 0.15) is 5.78 Å². The molecule has 2 aliphatic rings. The maximum atomic E-state index is 12.2. The summed E-state index contributed by atoms with van der Waals surface area (Å²) in [7, 11) is 0. The molecule has 0 aromatic heterocycles. The van der Waals surface area contributed by atoms with Crippen LogP contribution < -0.4 is 0 Å². The Morgan fingerprint density at radius 3 is 2.78 bits per heavy atom. The summed E-state index contributed by atoms with van der Waals surface area (Å²) in [4.78, 5) is 12.2. The Balaban J connectivity index is 2.21. The third-order valence-electron chi connectivity index (χ3n) is 5.87. The van der Waals surface area contributed by atoms with Crippen molar-refractivity contribution >= 4 is 5.78 Å². The maximum absolute atomic E-state index is 12.2. The molecule has 0 aromatic rings. The van der Waals surface area contributed by atoms with Crippen molar-refractivity contribution in [3.8, 4) is 0 Å². The molecule has 5 atom stereocenters. The highest BCUT2D eigenvalue weighted by atomic mass is 16.3. The molecule has 2 aliphatic carbocycles. The number of carbonyl (C=O) groups excluding carboxylic acids is 1. The summed E-state index contributed by atoms with van der Waals surface area (Å²) < 4.78 is 0. The Labute approximate surface area is 111 Å². The summed E-state index contributed by atoms with van der Waals surface area (Å²) in [5.41, 5.74) is 0.301. The average Bonchev–Trinajstić information content (AvgIpc) is 2.70. The second-order valence-corrected chi connectivity index (χ2v) is 6.82. The Hall–Kier alpha value is -0.370. The predicted molar refractivity (Wildman–Crippen MR) is 73.2 cm³/mol. The zero-order chi connectivity index (χ0) is 13.3. The van der Waals surface area contributed by atoms with Crippen LogP contribution in [0.5, 0.6) is 0 Å². The van der Waals surface area contributed by atoms with Gasteiger partial charge in [0.05, 0.1) is 0 Å². The van der Waals surface area contributed by atoms with Gasteiger partial charge in [-0.3, -0.25) is 4.79 Å². The van der Waals surface area contributed by atoms with E-state index in [0.29, 0.717) is 41.5 Å². The lowest BCUT2D eigenvalue weighted by molar-refractivity contribution is -0.132. The second-order valence-electron chi connectivity index (χ2n) is 6.82. The molecule has 0 spiro atoms. The van der Waals surface area contributed by atoms with Crippen LogP contribution in [0.1, 0.15) is 59.3 Å². The van der Waals surface area contributed by atoms with Gasteiger partial charge in [-0.15, -0.1) is 0 Å². The van der Waals surface area contributed by atoms with Gasteiger partial charge in [-0.2, -0.15) is 0 Å². The number of carbonyl (C=O) groups is 1.